The average Bonchev–Trinajstić information content (AvgIpc) is 3.01. The smallest absolute Gasteiger partial charge is 0.327 e. The Balaban J connectivity index is 1.92. The minimum Gasteiger partial charge on any atom is -0.460 e. The zero-order valence-electron chi connectivity index (χ0n) is 10.1. The normalized spacial score (nSPS) is 46.1. The molecule has 0 N–H and O–H groups in total. The number of nitriles is 1. The lowest BCUT2D eigenvalue weighted by Gasteiger charge is -2.33. The second-order valence-electron chi connectivity index (χ2n) is 5.69. The van der Waals surface area contributed by atoms with E-state index in [-0.39, 0.29) is 23.9 Å². The Morgan fingerprint density at radius 3 is 2.79 bits per heavy atom. The van der Waals surface area contributed by atoms with Gasteiger partial charge in [-0.2, -0.15) is 5.26 Å². The summed E-state index contributed by atoms with van der Waals surface area (Å²) in [6.07, 6.45) is 0.898. The van der Waals surface area contributed by atoms with E-state index in [1.54, 1.807) is 0 Å². The van der Waals surface area contributed by atoms with Gasteiger partial charge in [-0.25, -0.2) is 0 Å². The van der Waals surface area contributed by atoms with E-state index in [0.29, 0.717) is 9.84 Å². The number of ether oxygens (including phenoxy) is 1. The van der Waals surface area contributed by atoms with Gasteiger partial charge in [-0.05, 0) is 17.9 Å². The molecule has 1 aromatic carbocycles. The standard InChI is InChI=1S/C15H12INO2/c16-12-9-6-10-13(12)19-14(18)15(10,7-17)11(9)8-4-2-1-3-5-8/h1-5,9-13H,6H2/t9-,10-,11+,12-,13-,15+/m1/s1. The summed E-state index contributed by atoms with van der Waals surface area (Å²) in [6.45, 7) is 0. The maximum atomic E-state index is 12.3. The first kappa shape index (κ1) is 11.7. The Kier molecular flexibility index (Phi) is 2.29. The van der Waals surface area contributed by atoms with E-state index in [4.69, 9.17) is 4.74 Å². The SMILES string of the molecule is N#C[C@]12C(=O)O[C@H]3[C@H](I)[C@H](C[C@H]31)[C@@H]2c1ccccc1. The zero-order chi connectivity index (χ0) is 13.2. The Hall–Kier alpha value is -1.09. The average molecular weight is 365 g/mol. The first-order valence-corrected chi connectivity index (χ1v) is 7.76. The number of esters is 1. The van der Waals surface area contributed by atoms with E-state index in [2.05, 4.69) is 28.7 Å². The summed E-state index contributed by atoms with van der Waals surface area (Å²) in [6, 6.07) is 12.3. The van der Waals surface area contributed by atoms with Crippen molar-refractivity contribution in [2.75, 3.05) is 0 Å². The lowest BCUT2D eigenvalue weighted by atomic mass is 9.65. The van der Waals surface area contributed by atoms with Gasteiger partial charge < -0.3 is 4.74 Å². The molecule has 4 rings (SSSR count). The van der Waals surface area contributed by atoms with Gasteiger partial charge in [0.05, 0.1) is 9.99 Å². The summed E-state index contributed by atoms with van der Waals surface area (Å²) in [4.78, 5) is 12.3. The van der Waals surface area contributed by atoms with Gasteiger partial charge in [0.2, 0.25) is 0 Å². The Morgan fingerprint density at radius 2 is 2.11 bits per heavy atom. The summed E-state index contributed by atoms with van der Waals surface area (Å²) in [7, 11) is 0. The topological polar surface area (TPSA) is 50.1 Å². The predicted molar refractivity (Wildman–Crippen MR) is 76.5 cm³/mol. The molecule has 6 atom stereocenters. The highest BCUT2D eigenvalue weighted by Crippen LogP contribution is 2.69. The quantitative estimate of drug-likeness (QED) is 0.437. The third-order valence-corrected chi connectivity index (χ3v) is 6.71. The van der Waals surface area contributed by atoms with Crippen LogP contribution in [0.5, 0.6) is 0 Å². The number of rotatable bonds is 1. The van der Waals surface area contributed by atoms with E-state index in [9.17, 15) is 10.1 Å². The van der Waals surface area contributed by atoms with Crippen molar-refractivity contribution in [1.29, 1.82) is 5.26 Å². The van der Waals surface area contributed by atoms with Gasteiger partial charge in [0.1, 0.15) is 6.10 Å². The van der Waals surface area contributed by atoms with Crippen molar-refractivity contribution < 1.29 is 9.53 Å². The molecule has 1 saturated heterocycles. The molecule has 1 heterocycles. The van der Waals surface area contributed by atoms with Crippen molar-refractivity contribution in [3.05, 3.63) is 35.9 Å². The molecule has 3 aliphatic rings. The number of carbonyl (C=O) groups is 1. The van der Waals surface area contributed by atoms with Gasteiger partial charge in [-0.1, -0.05) is 52.9 Å². The molecule has 2 saturated carbocycles. The lowest BCUT2D eigenvalue weighted by Crippen LogP contribution is -2.41. The van der Waals surface area contributed by atoms with Crippen LogP contribution in [0, 0.1) is 28.6 Å². The maximum Gasteiger partial charge on any atom is 0.327 e. The van der Waals surface area contributed by atoms with Gasteiger partial charge in [-0.3, -0.25) is 4.79 Å². The number of halogens is 1. The molecule has 0 amide bonds. The summed E-state index contributed by atoms with van der Waals surface area (Å²) in [5, 5.41) is 9.70. The summed E-state index contributed by atoms with van der Waals surface area (Å²) in [5.41, 5.74) is 0.175. The number of benzene rings is 1. The minimum atomic E-state index is -0.932. The van der Waals surface area contributed by atoms with Gasteiger partial charge in [-0.15, -0.1) is 0 Å². The lowest BCUT2D eigenvalue weighted by molar-refractivity contribution is -0.145. The number of hydrogen-bond acceptors (Lipinski definition) is 3. The molecule has 1 aliphatic heterocycles. The Morgan fingerprint density at radius 1 is 1.37 bits per heavy atom. The molecule has 0 radical (unpaired) electrons. The van der Waals surface area contributed by atoms with Gasteiger partial charge in [0, 0.05) is 11.8 Å². The Labute approximate surface area is 125 Å². The van der Waals surface area contributed by atoms with Crippen LogP contribution in [-0.4, -0.2) is 16.0 Å². The predicted octanol–water partition coefficient (Wildman–Crippen LogP) is 2.66. The molecule has 1 aromatic rings. The molecule has 2 bridgehead atoms. The highest BCUT2D eigenvalue weighted by atomic mass is 127. The van der Waals surface area contributed by atoms with Crippen LogP contribution >= 0.6 is 22.6 Å². The summed E-state index contributed by atoms with van der Waals surface area (Å²) in [5.74, 6) is 0.170. The van der Waals surface area contributed by atoms with Crippen LogP contribution in [0.1, 0.15) is 17.9 Å². The Bertz CT molecular complexity index is 596. The maximum absolute atomic E-state index is 12.3. The molecule has 2 aliphatic carbocycles. The van der Waals surface area contributed by atoms with Crippen LogP contribution in [0.25, 0.3) is 0 Å². The molecule has 4 heteroatoms. The number of nitrogens with zero attached hydrogens (tertiary/aromatic N) is 1. The van der Waals surface area contributed by atoms with E-state index in [1.807, 2.05) is 30.3 Å². The van der Waals surface area contributed by atoms with Crippen LogP contribution < -0.4 is 0 Å². The van der Waals surface area contributed by atoms with Crippen LogP contribution in [0.4, 0.5) is 0 Å². The summed E-state index contributed by atoms with van der Waals surface area (Å²) < 4.78 is 5.86. The molecular weight excluding hydrogens is 353 g/mol. The van der Waals surface area contributed by atoms with E-state index in [1.165, 1.54) is 0 Å². The number of alkyl halides is 1. The fourth-order valence-electron chi connectivity index (χ4n) is 4.37. The van der Waals surface area contributed by atoms with Gasteiger partial charge >= 0.3 is 5.97 Å². The number of hydrogen-bond donors (Lipinski definition) is 0. The zero-order valence-corrected chi connectivity index (χ0v) is 12.3. The second-order valence-corrected chi connectivity index (χ2v) is 7.13. The highest BCUT2D eigenvalue weighted by Gasteiger charge is 2.75. The van der Waals surface area contributed by atoms with Crippen molar-refractivity contribution in [3.8, 4) is 6.07 Å². The van der Waals surface area contributed by atoms with E-state index in [0.717, 1.165) is 12.0 Å². The molecule has 19 heavy (non-hydrogen) atoms. The molecular formula is C15H12INO2. The molecule has 0 unspecified atom stereocenters. The first-order chi connectivity index (χ1) is 9.20. The van der Waals surface area contributed by atoms with Crippen LogP contribution in [0.15, 0.2) is 30.3 Å². The van der Waals surface area contributed by atoms with Crippen molar-refractivity contribution in [2.24, 2.45) is 17.3 Å². The first-order valence-electron chi connectivity index (χ1n) is 6.51. The molecule has 3 fully saturated rings. The van der Waals surface area contributed by atoms with E-state index < -0.39 is 5.41 Å². The van der Waals surface area contributed by atoms with Crippen molar-refractivity contribution in [3.63, 3.8) is 0 Å². The highest BCUT2D eigenvalue weighted by molar-refractivity contribution is 14.1. The number of fused-ring (bicyclic) bond motifs is 1. The monoisotopic (exact) mass is 365 g/mol. The van der Waals surface area contributed by atoms with Crippen molar-refractivity contribution >= 4 is 28.6 Å². The fraction of sp³-hybridized carbons (Fsp3) is 0.467. The van der Waals surface area contributed by atoms with E-state index >= 15 is 0 Å². The molecule has 96 valence electrons. The van der Waals surface area contributed by atoms with Gasteiger partial charge in [0.25, 0.3) is 0 Å². The van der Waals surface area contributed by atoms with Gasteiger partial charge in [0.15, 0.2) is 5.41 Å². The third-order valence-electron chi connectivity index (χ3n) is 5.07. The molecule has 0 aromatic heterocycles. The number of carbonyl (C=O) groups excluding carboxylic acids is 1. The van der Waals surface area contributed by atoms with Crippen molar-refractivity contribution in [2.45, 2.75) is 22.4 Å². The summed E-state index contributed by atoms with van der Waals surface area (Å²) >= 11 is 2.40. The largest absolute Gasteiger partial charge is 0.460 e. The minimum absolute atomic E-state index is 0.00292. The van der Waals surface area contributed by atoms with Crippen LogP contribution in [-0.2, 0) is 9.53 Å². The fourth-order valence-corrected chi connectivity index (χ4v) is 5.73. The molecule has 0 spiro atoms. The van der Waals surface area contributed by atoms with Crippen LogP contribution in [0.2, 0.25) is 0 Å². The van der Waals surface area contributed by atoms with Crippen LogP contribution in [0.3, 0.4) is 0 Å². The van der Waals surface area contributed by atoms with Crippen molar-refractivity contribution in [1.82, 2.24) is 0 Å². The molecule has 3 nitrogen and oxygen atoms in total. The third kappa shape index (κ3) is 1.20. The second kappa shape index (κ2) is 3.72.